The second-order valence-corrected chi connectivity index (χ2v) is 4.02. The van der Waals surface area contributed by atoms with Crippen LogP contribution in [0.4, 0.5) is 0 Å². The zero-order chi connectivity index (χ0) is 12.5. The fourth-order valence-corrected chi connectivity index (χ4v) is 1.61. The summed E-state index contributed by atoms with van der Waals surface area (Å²) in [5.74, 6) is 0. The molecular formula is C14H17N3. The Hall–Kier alpha value is -1.84. The van der Waals surface area contributed by atoms with Gasteiger partial charge in [-0.25, -0.2) is 0 Å². The van der Waals surface area contributed by atoms with Crippen LogP contribution < -0.4 is 5.32 Å². The molecule has 1 rings (SSSR count). The van der Waals surface area contributed by atoms with Gasteiger partial charge in [-0.05, 0) is 44.0 Å². The van der Waals surface area contributed by atoms with E-state index in [1.165, 1.54) is 5.56 Å². The molecular weight excluding hydrogens is 210 g/mol. The van der Waals surface area contributed by atoms with Crippen molar-refractivity contribution in [1.82, 2.24) is 5.32 Å². The van der Waals surface area contributed by atoms with Crippen molar-refractivity contribution in [2.24, 2.45) is 0 Å². The molecule has 0 aromatic heterocycles. The maximum Gasteiger partial charge on any atom is 0.0991 e. The monoisotopic (exact) mass is 227 g/mol. The van der Waals surface area contributed by atoms with Crippen LogP contribution in [0.2, 0.25) is 0 Å². The minimum atomic E-state index is 0.282. The molecule has 0 saturated heterocycles. The Morgan fingerprint density at radius 1 is 1.18 bits per heavy atom. The molecule has 0 fully saturated rings. The molecule has 3 heteroatoms. The van der Waals surface area contributed by atoms with Crippen LogP contribution in [0.15, 0.2) is 24.3 Å². The van der Waals surface area contributed by atoms with Gasteiger partial charge < -0.3 is 5.32 Å². The van der Waals surface area contributed by atoms with Crippen LogP contribution in [0.25, 0.3) is 0 Å². The first-order chi connectivity index (χ1) is 8.27. The molecule has 0 amide bonds. The van der Waals surface area contributed by atoms with E-state index in [1.54, 1.807) is 0 Å². The standard InChI is InChI=1S/C14H17N3/c1-12(17-10-4-2-3-9-15)14-7-5-13(11-16)6-8-14/h5-8,12,17H,2-4,10H2,1H3. The summed E-state index contributed by atoms with van der Waals surface area (Å²) in [6.45, 7) is 3.02. The van der Waals surface area contributed by atoms with Gasteiger partial charge >= 0.3 is 0 Å². The lowest BCUT2D eigenvalue weighted by molar-refractivity contribution is 0.549. The van der Waals surface area contributed by atoms with Crippen molar-refractivity contribution in [3.63, 3.8) is 0 Å². The summed E-state index contributed by atoms with van der Waals surface area (Å²) in [6, 6.07) is 12.2. The smallest absolute Gasteiger partial charge is 0.0991 e. The van der Waals surface area contributed by atoms with Gasteiger partial charge in [0.25, 0.3) is 0 Å². The third kappa shape index (κ3) is 4.68. The number of nitrogens with zero attached hydrogens (tertiary/aromatic N) is 2. The number of benzene rings is 1. The lowest BCUT2D eigenvalue weighted by Crippen LogP contribution is -2.19. The number of nitriles is 2. The van der Waals surface area contributed by atoms with Crippen LogP contribution in [-0.2, 0) is 0 Å². The largest absolute Gasteiger partial charge is 0.310 e. The first-order valence-corrected chi connectivity index (χ1v) is 5.88. The van der Waals surface area contributed by atoms with E-state index >= 15 is 0 Å². The highest BCUT2D eigenvalue weighted by molar-refractivity contribution is 5.32. The predicted molar refractivity (Wildman–Crippen MR) is 67.0 cm³/mol. The normalized spacial score (nSPS) is 11.5. The molecule has 1 aromatic rings. The van der Waals surface area contributed by atoms with E-state index in [2.05, 4.69) is 24.4 Å². The second kappa shape index (κ2) is 7.44. The molecule has 88 valence electrons. The lowest BCUT2D eigenvalue weighted by atomic mass is 10.1. The topological polar surface area (TPSA) is 59.6 Å². The predicted octanol–water partition coefficient (Wildman–Crippen LogP) is 2.90. The third-order valence-electron chi connectivity index (χ3n) is 2.71. The lowest BCUT2D eigenvalue weighted by Gasteiger charge is -2.13. The molecule has 0 heterocycles. The van der Waals surface area contributed by atoms with Crippen LogP contribution in [0.3, 0.4) is 0 Å². The first-order valence-electron chi connectivity index (χ1n) is 5.88. The van der Waals surface area contributed by atoms with E-state index in [0.29, 0.717) is 12.0 Å². The van der Waals surface area contributed by atoms with Crippen molar-refractivity contribution in [3.05, 3.63) is 35.4 Å². The SMILES string of the molecule is CC(NCCCCC#N)c1ccc(C#N)cc1. The number of unbranched alkanes of at least 4 members (excludes halogenated alkanes) is 2. The van der Waals surface area contributed by atoms with Gasteiger partial charge in [0.2, 0.25) is 0 Å². The van der Waals surface area contributed by atoms with E-state index in [9.17, 15) is 0 Å². The van der Waals surface area contributed by atoms with Crippen LogP contribution >= 0.6 is 0 Å². The van der Waals surface area contributed by atoms with Gasteiger partial charge in [-0.15, -0.1) is 0 Å². The van der Waals surface area contributed by atoms with Gasteiger partial charge in [-0.3, -0.25) is 0 Å². The Morgan fingerprint density at radius 2 is 1.88 bits per heavy atom. The second-order valence-electron chi connectivity index (χ2n) is 4.02. The first kappa shape index (κ1) is 13.2. The summed E-state index contributed by atoms with van der Waals surface area (Å²) in [4.78, 5) is 0. The molecule has 0 spiro atoms. The Balaban J connectivity index is 2.34. The van der Waals surface area contributed by atoms with Crippen molar-refractivity contribution in [2.45, 2.75) is 32.2 Å². The average Bonchev–Trinajstić information content (AvgIpc) is 2.38. The minimum absolute atomic E-state index is 0.282. The quantitative estimate of drug-likeness (QED) is 0.760. The van der Waals surface area contributed by atoms with Crippen LogP contribution in [0, 0.1) is 22.7 Å². The zero-order valence-corrected chi connectivity index (χ0v) is 10.1. The number of hydrogen-bond acceptors (Lipinski definition) is 3. The maximum absolute atomic E-state index is 8.70. The highest BCUT2D eigenvalue weighted by atomic mass is 14.9. The van der Waals surface area contributed by atoms with Crippen molar-refractivity contribution >= 4 is 0 Å². The van der Waals surface area contributed by atoms with E-state index in [0.717, 1.165) is 19.4 Å². The molecule has 1 atom stereocenters. The van der Waals surface area contributed by atoms with Gasteiger partial charge in [0.15, 0.2) is 0 Å². The molecule has 0 aliphatic heterocycles. The molecule has 0 saturated carbocycles. The minimum Gasteiger partial charge on any atom is -0.310 e. The zero-order valence-electron chi connectivity index (χ0n) is 10.1. The van der Waals surface area contributed by atoms with Crippen LogP contribution in [0.5, 0.6) is 0 Å². The molecule has 0 radical (unpaired) electrons. The highest BCUT2D eigenvalue weighted by Gasteiger charge is 2.03. The number of nitrogens with one attached hydrogen (secondary N) is 1. The molecule has 17 heavy (non-hydrogen) atoms. The highest BCUT2D eigenvalue weighted by Crippen LogP contribution is 2.13. The molecule has 1 N–H and O–H groups in total. The maximum atomic E-state index is 8.70. The average molecular weight is 227 g/mol. The molecule has 0 aliphatic rings. The fourth-order valence-electron chi connectivity index (χ4n) is 1.61. The van der Waals surface area contributed by atoms with Crippen LogP contribution in [0.1, 0.15) is 43.4 Å². The molecule has 0 bridgehead atoms. The van der Waals surface area contributed by atoms with E-state index in [4.69, 9.17) is 10.5 Å². The van der Waals surface area contributed by atoms with E-state index in [1.807, 2.05) is 24.3 Å². The fraction of sp³-hybridized carbons (Fsp3) is 0.429. The van der Waals surface area contributed by atoms with Gasteiger partial charge in [0, 0.05) is 12.5 Å². The molecule has 1 aromatic carbocycles. The molecule has 3 nitrogen and oxygen atoms in total. The Bertz CT molecular complexity index is 409. The Kier molecular flexibility index (Phi) is 5.79. The van der Waals surface area contributed by atoms with Crippen molar-refractivity contribution in [2.75, 3.05) is 6.54 Å². The number of hydrogen-bond donors (Lipinski definition) is 1. The van der Waals surface area contributed by atoms with E-state index < -0.39 is 0 Å². The third-order valence-corrected chi connectivity index (χ3v) is 2.71. The molecule has 0 aliphatic carbocycles. The van der Waals surface area contributed by atoms with E-state index in [-0.39, 0.29) is 6.04 Å². The van der Waals surface area contributed by atoms with Crippen molar-refractivity contribution in [3.8, 4) is 12.1 Å². The summed E-state index contributed by atoms with van der Waals surface area (Å²) in [7, 11) is 0. The van der Waals surface area contributed by atoms with Crippen LogP contribution in [-0.4, -0.2) is 6.54 Å². The Morgan fingerprint density at radius 3 is 2.47 bits per heavy atom. The Labute approximate surface area is 103 Å². The van der Waals surface area contributed by atoms with Crippen molar-refractivity contribution in [1.29, 1.82) is 10.5 Å². The molecule has 1 unspecified atom stereocenters. The summed E-state index contributed by atoms with van der Waals surface area (Å²) >= 11 is 0. The van der Waals surface area contributed by atoms with Gasteiger partial charge in [-0.1, -0.05) is 12.1 Å². The number of rotatable bonds is 6. The summed E-state index contributed by atoms with van der Waals surface area (Å²) in [6.07, 6.45) is 2.60. The summed E-state index contributed by atoms with van der Waals surface area (Å²) in [5, 5.41) is 20.5. The summed E-state index contributed by atoms with van der Waals surface area (Å²) in [5.41, 5.74) is 1.87. The van der Waals surface area contributed by atoms with Gasteiger partial charge in [-0.2, -0.15) is 10.5 Å². The van der Waals surface area contributed by atoms with Gasteiger partial charge in [0.05, 0.1) is 17.7 Å². The van der Waals surface area contributed by atoms with Crippen molar-refractivity contribution < 1.29 is 0 Å². The summed E-state index contributed by atoms with van der Waals surface area (Å²) < 4.78 is 0. The van der Waals surface area contributed by atoms with Gasteiger partial charge in [0.1, 0.15) is 0 Å².